The quantitative estimate of drug-likeness (QED) is 0.919. The number of nitrogens with zero attached hydrogens (tertiary/aromatic N) is 2. The summed E-state index contributed by atoms with van der Waals surface area (Å²) in [6.07, 6.45) is 3.36. The summed E-state index contributed by atoms with van der Waals surface area (Å²) in [5.74, 6) is -1.79. The Bertz CT molecular complexity index is 767. The Morgan fingerprint density at radius 2 is 1.96 bits per heavy atom. The van der Waals surface area contributed by atoms with Crippen molar-refractivity contribution in [3.05, 3.63) is 41.9 Å². The number of hydrogen-bond acceptors (Lipinski definition) is 5. The minimum Gasteiger partial charge on any atom is -0.425 e. The van der Waals surface area contributed by atoms with Crippen molar-refractivity contribution in [2.45, 2.75) is 18.9 Å². The van der Waals surface area contributed by atoms with E-state index in [0.717, 1.165) is 50.7 Å². The maximum Gasteiger partial charge on any atom is 0.311 e. The average Bonchev–Trinajstić information content (AvgIpc) is 3.03. The largest absolute Gasteiger partial charge is 0.425 e. The highest BCUT2D eigenvalue weighted by molar-refractivity contribution is 5.89. The molecule has 6 nitrogen and oxygen atoms in total. The Labute approximate surface area is 142 Å². The molecule has 1 aromatic heterocycles. The van der Waals surface area contributed by atoms with Gasteiger partial charge in [-0.25, -0.2) is 13.8 Å². The first-order valence-electron chi connectivity index (χ1n) is 8.20. The van der Waals surface area contributed by atoms with Crippen LogP contribution in [0, 0.1) is 17.6 Å². The molecule has 0 radical (unpaired) electrons. The summed E-state index contributed by atoms with van der Waals surface area (Å²) in [5.41, 5.74) is 0. The third-order valence-corrected chi connectivity index (χ3v) is 4.71. The van der Waals surface area contributed by atoms with Crippen LogP contribution in [0.1, 0.15) is 23.5 Å². The molecule has 2 aromatic rings. The molecule has 1 N–H and O–H groups in total. The van der Waals surface area contributed by atoms with Gasteiger partial charge in [0.25, 0.3) is 5.89 Å². The number of rotatable bonds is 4. The number of aromatic nitrogens is 1. The predicted octanol–water partition coefficient (Wildman–Crippen LogP) is 2.57. The van der Waals surface area contributed by atoms with Crippen LogP contribution in [-0.4, -0.2) is 41.5 Å². The molecule has 1 unspecified atom stereocenters. The summed E-state index contributed by atoms with van der Waals surface area (Å²) in [7, 11) is 0. The second-order valence-corrected chi connectivity index (χ2v) is 6.41. The summed E-state index contributed by atoms with van der Waals surface area (Å²) in [6.45, 7) is 3.00. The van der Waals surface area contributed by atoms with Crippen molar-refractivity contribution in [1.82, 2.24) is 15.2 Å². The first kappa shape index (κ1) is 16.0. The van der Waals surface area contributed by atoms with Gasteiger partial charge in [0.2, 0.25) is 0 Å². The zero-order valence-electron chi connectivity index (χ0n) is 13.4. The van der Waals surface area contributed by atoms with Crippen LogP contribution in [0.3, 0.4) is 0 Å². The van der Waals surface area contributed by atoms with Gasteiger partial charge in [0.05, 0.1) is 0 Å². The molecule has 132 valence electrons. The van der Waals surface area contributed by atoms with E-state index in [0.29, 0.717) is 5.92 Å². The van der Waals surface area contributed by atoms with E-state index < -0.39 is 17.5 Å². The number of carbonyl (C=O) groups is 1. The van der Waals surface area contributed by atoms with Crippen LogP contribution < -0.4 is 10.1 Å². The zero-order valence-corrected chi connectivity index (χ0v) is 13.4. The summed E-state index contributed by atoms with van der Waals surface area (Å²) < 4.78 is 36.8. The van der Waals surface area contributed by atoms with Gasteiger partial charge in [-0.3, -0.25) is 4.79 Å². The van der Waals surface area contributed by atoms with Crippen molar-refractivity contribution in [3.63, 3.8) is 0 Å². The van der Waals surface area contributed by atoms with Crippen molar-refractivity contribution in [2.75, 3.05) is 19.6 Å². The van der Waals surface area contributed by atoms with E-state index in [1.54, 1.807) is 0 Å². The van der Waals surface area contributed by atoms with Gasteiger partial charge < -0.3 is 19.4 Å². The van der Waals surface area contributed by atoms with Crippen LogP contribution in [-0.2, 0) is 0 Å². The normalized spacial score (nSPS) is 25.0. The van der Waals surface area contributed by atoms with E-state index in [9.17, 15) is 13.6 Å². The van der Waals surface area contributed by atoms with Gasteiger partial charge in [0.15, 0.2) is 0 Å². The standard InChI is InChI=1S/C17H17F2N3O3/c18-11-5-12(19)7-13(6-11)24-15-8-20-17(25-15)16(23)21-14-9-22-3-1-10(14)2-4-22/h5-8,10,14H,1-4,9H2,(H,21,23). The molecule has 2 bridgehead atoms. The van der Waals surface area contributed by atoms with E-state index >= 15 is 0 Å². The van der Waals surface area contributed by atoms with Crippen LogP contribution in [0.4, 0.5) is 8.78 Å². The average molecular weight is 349 g/mol. The SMILES string of the molecule is O=C(NC1CN2CCC1CC2)c1ncc(Oc2cc(F)cc(F)c2)o1. The van der Waals surface area contributed by atoms with Gasteiger partial charge in [-0.1, -0.05) is 0 Å². The molecule has 4 heterocycles. The number of oxazole rings is 1. The van der Waals surface area contributed by atoms with E-state index in [1.165, 1.54) is 6.20 Å². The molecule has 8 heteroatoms. The molecule has 3 fully saturated rings. The first-order chi connectivity index (χ1) is 12.1. The van der Waals surface area contributed by atoms with Crippen LogP contribution in [0.25, 0.3) is 0 Å². The van der Waals surface area contributed by atoms with Gasteiger partial charge >= 0.3 is 11.9 Å². The fourth-order valence-electron chi connectivity index (χ4n) is 3.47. The number of amides is 1. The highest BCUT2D eigenvalue weighted by Gasteiger charge is 2.35. The van der Waals surface area contributed by atoms with Gasteiger partial charge in [-0.05, 0) is 31.8 Å². The van der Waals surface area contributed by atoms with E-state index in [-0.39, 0.29) is 23.6 Å². The summed E-state index contributed by atoms with van der Waals surface area (Å²) in [5, 5.41) is 2.95. The molecule has 1 atom stereocenters. The Morgan fingerprint density at radius 1 is 1.24 bits per heavy atom. The van der Waals surface area contributed by atoms with E-state index in [1.807, 2.05) is 0 Å². The minimum absolute atomic E-state index is 0.0713. The molecule has 25 heavy (non-hydrogen) atoms. The number of hydrogen-bond donors (Lipinski definition) is 1. The van der Waals surface area contributed by atoms with Crippen LogP contribution >= 0.6 is 0 Å². The second-order valence-electron chi connectivity index (χ2n) is 6.41. The molecule has 3 aliphatic heterocycles. The zero-order chi connectivity index (χ0) is 17.4. The van der Waals surface area contributed by atoms with Crippen LogP contribution in [0.2, 0.25) is 0 Å². The highest BCUT2D eigenvalue weighted by atomic mass is 19.1. The maximum atomic E-state index is 13.2. The molecule has 0 spiro atoms. The van der Waals surface area contributed by atoms with Gasteiger partial charge in [-0.15, -0.1) is 0 Å². The monoisotopic (exact) mass is 349 g/mol. The van der Waals surface area contributed by atoms with Crippen LogP contribution in [0.5, 0.6) is 11.7 Å². The fourth-order valence-corrected chi connectivity index (χ4v) is 3.47. The fraction of sp³-hybridized carbons (Fsp3) is 0.412. The number of ether oxygens (including phenoxy) is 1. The van der Waals surface area contributed by atoms with Crippen molar-refractivity contribution in [2.24, 2.45) is 5.92 Å². The Hall–Kier alpha value is -2.48. The van der Waals surface area contributed by atoms with Gasteiger partial charge in [0, 0.05) is 30.8 Å². The molecule has 0 aliphatic carbocycles. The lowest BCUT2D eigenvalue weighted by Gasteiger charge is -2.44. The lowest BCUT2D eigenvalue weighted by molar-refractivity contribution is 0.0599. The third kappa shape index (κ3) is 3.48. The Kier molecular flexibility index (Phi) is 4.12. The first-order valence-corrected chi connectivity index (χ1v) is 8.20. The van der Waals surface area contributed by atoms with Crippen LogP contribution in [0.15, 0.2) is 28.8 Å². The van der Waals surface area contributed by atoms with Crippen molar-refractivity contribution < 1.29 is 22.7 Å². The molecule has 5 rings (SSSR count). The summed E-state index contributed by atoms with van der Waals surface area (Å²) in [6, 6.07) is 2.85. The summed E-state index contributed by atoms with van der Waals surface area (Å²) >= 11 is 0. The highest BCUT2D eigenvalue weighted by Crippen LogP contribution is 2.28. The molecular formula is C17H17F2N3O3. The molecular weight excluding hydrogens is 332 g/mol. The van der Waals surface area contributed by atoms with E-state index in [4.69, 9.17) is 9.15 Å². The number of fused-ring (bicyclic) bond motifs is 3. The number of carbonyl (C=O) groups excluding carboxylic acids is 1. The maximum absolute atomic E-state index is 13.2. The van der Waals surface area contributed by atoms with Crippen molar-refractivity contribution >= 4 is 5.91 Å². The van der Waals surface area contributed by atoms with Gasteiger partial charge in [0.1, 0.15) is 23.6 Å². The Balaban J connectivity index is 1.41. The topological polar surface area (TPSA) is 67.6 Å². The number of halogens is 2. The third-order valence-electron chi connectivity index (χ3n) is 4.71. The van der Waals surface area contributed by atoms with E-state index in [2.05, 4.69) is 15.2 Å². The number of nitrogens with one attached hydrogen (secondary N) is 1. The number of benzene rings is 1. The molecule has 1 aromatic carbocycles. The molecule has 3 aliphatic rings. The second kappa shape index (κ2) is 6.44. The molecule has 3 saturated heterocycles. The van der Waals surface area contributed by atoms with Gasteiger partial charge in [-0.2, -0.15) is 0 Å². The smallest absolute Gasteiger partial charge is 0.311 e. The number of piperidine rings is 3. The summed E-state index contributed by atoms with van der Waals surface area (Å²) in [4.78, 5) is 18.5. The molecule has 1 amide bonds. The predicted molar refractivity (Wildman–Crippen MR) is 83.4 cm³/mol. The lowest BCUT2D eigenvalue weighted by atomic mass is 9.84. The molecule has 0 saturated carbocycles. The van der Waals surface area contributed by atoms with Crippen molar-refractivity contribution in [1.29, 1.82) is 0 Å². The Morgan fingerprint density at radius 3 is 2.60 bits per heavy atom. The van der Waals surface area contributed by atoms with Crippen molar-refractivity contribution in [3.8, 4) is 11.7 Å². The minimum atomic E-state index is -0.769. The lowest BCUT2D eigenvalue weighted by Crippen LogP contribution is -2.57.